The van der Waals surface area contributed by atoms with Crippen LogP contribution in [0.4, 0.5) is 0 Å². The molecule has 1 heterocycles. The van der Waals surface area contributed by atoms with Gasteiger partial charge in [-0.15, -0.1) is 6.42 Å². The summed E-state index contributed by atoms with van der Waals surface area (Å²) in [5.74, 6) is 2.44. The minimum atomic E-state index is -0.219. The molecule has 0 fully saturated rings. The molecule has 1 aromatic rings. The van der Waals surface area contributed by atoms with Crippen LogP contribution in [0.1, 0.15) is 10.6 Å². The first-order valence-corrected chi connectivity index (χ1v) is 4.38. The number of furan rings is 1. The maximum absolute atomic E-state index is 11.5. The minimum Gasteiger partial charge on any atom is -0.444 e. The van der Waals surface area contributed by atoms with E-state index >= 15 is 0 Å². The number of terminal acetylenes is 1. The van der Waals surface area contributed by atoms with Crippen molar-refractivity contribution in [2.75, 3.05) is 13.6 Å². The molecule has 13 heavy (non-hydrogen) atoms. The highest BCUT2D eigenvalue weighted by molar-refractivity contribution is 9.10. The second-order valence-electron chi connectivity index (χ2n) is 2.47. The van der Waals surface area contributed by atoms with E-state index in [-0.39, 0.29) is 18.2 Å². The van der Waals surface area contributed by atoms with Crippen molar-refractivity contribution in [3.8, 4) is 12.3 Å². The lowest BCUT2D eigenvalue weighted by Crippen LogP contribution is -2.26. The molecule has 0 aliphatic heterocycles. The summed E-state index contributed by atoms with van der Waals surface area (Å²) < 4.78 is 5.60. The number of amides is 1. The second-order valence-corrected chi connectivity index (χ2v) is 3.25. The zero-order valence-corrected chi connectivity index (χ0v) is 8.67. The molecule has 0 unspecified atom stereocenters. The number of nitrogens with zero attached hydrogens (tertiary/aromatic N) is 1. The quantitative estimate of drug-likeness (QED) is 0.740. The molecule has 3 nitrogen and oxygen atoms in total. The Labute approximate surface area is 84.8 Å². The van der Waals surface area contributed by atoms with E-state index in [0.29, 0.717) is 4.67 Å². The van der Waals surface area contributed by atoms with Gasteiger partial charge in [-0.05, 0) is 28.1 Å². The summed E-state index contributed by atoms with van der Waals surface area (Å²) in [5.41, 5.74) is 0. The van der Waals surface area contributed by atoms with Gasteiger partial charge in [0.2, 0.25) is 0 Å². The first-order chi connectivity index (χ1) is 6.15. The SMILES string of the molecule is C#CCN(C)C(=O)c1ccc(Br)o1. The number of carbonyl (C=O) groups excluding carboxylic acids is 1. The molecule has 0 saturated heterocycles. The molecule has 0 aromatic carbocycles. The molecule has 1 amide bonds. The van der Waals surface area contributed by atoms with Gasteiger partial charge in [-0.2, -0.15) is 0 Å². The van der Waals surface area contributed by atoms with Gasteiger partial charge in [0.25, 0.3) is 5.91 Å². The van der Waals surface area contributed by atoms with Crippen molar-refractivity contribution in [3.05, 3.63) is 22.6 Å². The molecule has 1 rings (SSSR count). The van der Waals surface area contributed by atoms with Crippen LogP contribution in [0.25, 0.3) is 0 Å². The van der Waals surface area contributed by atoms with Crippen LogP contribution < -0.4 is 0 Å². The van der Waals surface area contributed by atoms with Crippen LogP contribution >= 0.6 is 15.9 Å². The highest BCUT2D eigenvalue weighted by Crippen LogP contribution is 2.15. The number of rotatable bonds is 2. The van der Waals surface area contributed by atoms with Gasteiger partial charge in [0, 0.05) is 7.05 Å². The van der Waals surface area contributed by atoms with Gasteiger partial charge in [0.1, 0.15) is 0 Å². The maximum atomic E-state index is 11.5. The van der Waals surface area contributed by atoms with Gasteiger partial charge in [-0.25, -0.2) is 0 Å². The van der Waals surface area contributed by atoms with Gasteiger partial charge in [0.15, 0.2) is 10.4 Å². The fourth-order valence-corrected chi connectivity index (χ4v) is 1.13. The summed E-state index contributed by atoms with van der Waals surface area (Å²) in [4.78, 5) is 12.9. The van der Waals surface area contributed by atoms with E-state index in [2.05, 4.69) is 21.9 Å². The zero-order valence-electron chi connectivity index (χ0n) is 7.08. The van der Waals surface area contributed by atoms with Crippen LogP contribution in [0.2, 0.25) is 0 Å². The number of carbonyl (C=O) groups is 1. The highest BCUT2D eigenvalue weighted by atomic mass is 79.9. The molecule has 0 saturated carbocycles. The van der Waals surface area contributed by atoms with E-state index < -0.39 is 0 Å². The van der Waals surface area contributed by atoms with Gasteiger partial charge in [-0.1, -0.05) is 5.92 Å². The molecule has 0 aliphatic carbocycles. The minimum absolute atomic E-state index is 0.219. The average molecular weight is 242 g/mol. The highest BCUT2D eigenvalue weighted by Gasteiger charge is 2.14. The maximum Gasteiger partial charge on any atom is 0.290 e. The molecular formula is C9H8BrNO2. The van der Waals surface area contributed by atoms with Gasteiger partial charge >= 0.3 is 0 Å². The third-order valence-corrected chi connectivity index (χ3v) is 1.89. The molecule has 0 spiro atoms. The molecular weight excluding hydrogens is 234 g/mol. The molecule has 0 radical (unpaired) electrons. The second kappa shape index (κ2) is 4.15. The van der Waals surface area contributed by atoms with Crippen molar-refractivity contribution >= 4 is 21.8 Å². The predicted molar refractivity (Wildman–Crippen MR) is 52.2 cm³/mol. The van der Waals surface area contributed by atoms with E-state index in [0.717, 1.165) is 0 Å². The number of halogens is 1. The van der Waals surface area contributed by atoms with Crippen molar-refractivity contribution in [3.63, 3.8) is 0 Å². The van der Waals surface area contributed by atoms with Crippen molar-refractivity contribution in [1.82, 2.24) is 4.90 Å². The monoisotopic (exact) mass is 241 g/mol. The lowest BCUT2D eigenvalue weighted by Gasteiger charge is -2.10. The van der Waals surface area contributed by atoms with Crippen molar-refractivity contribution in [1.29, 1.82) is 0 Å². The molecule has 0 bridgehead atoms. The standard InChI is InChI=1S/C9H8BrNO2/c1-3-6-11(2)9(12)7-4-5-8(10)13-7/h1,4-5H,6H2,2H3. The number of hydrogen-bond acceptors (Lipinski definition) is 2. The predicted octanol–water partition coefficient (Wildman–Crippen LogP) is 1.75. The first-order valence-electron chi connectivity index (χ1n) is 3.59. The Balaban J connectivity index is 2.74. The smallest absolute Gasteiger partial charge is 0.290 e. The summed E-state index contributed by atoms with van der Waals surface area (Å²) in [7, 11) is 1.62. The Morgan fingerprint density at radius 3 is 2.92 bits per heavy atom. The van der Waals surface area contributed by atoms with E-state index in [9.17, 15) is 4.79 Å². The Hall–Kier alpha value is -1.21. The van der Waals surface area contributed by atoms with Crippen molar-refractivity contribution in [2.45, 2.75) is 0 Å². The van der Waals surface area contributed by atoms with Crippen molar-refractivity contribution < 1.29 is 9.21 Å². The van der Waals surface area contributed by atoms with Gasteiger partial charge < -0.3 is 9.32 Å². The fourth-order valence-electron chi connectivity index (χ4n) is 0.826. The van der Waals surface area contributed by atoms with E-state index in [1.165, 1.54) is 4.90 Å². The summed E-state index contributed by atoms with van der Waals surface area (Å²) >= 11 is 3.11. The van der Waals surface area contributed by atoms with E-state index in [1.54, 1.807) is 19.2 Å². The van der Waals surface area contributed by atoms with Crippen LogP contribution in [0.5, 0.6) is 0 Å². The molecule has 0 N–H and O–H groups in total. The summed E-state index contributed by atoms with van der Waals surface area (Å²) in [6.07, 6.45) is 5.07. The third kappa shape index (κ3) is 2.36. The lowest BCUT2D eigenvalue weighted by atomic mass is 10.4. The normalized spacial score (nSPS) is 9.31. The molecule has 0 atom stereocenters. The Morgan fingerprint density at radius 1 is 1.77 bits per heavy atom. The van der Waals surface area contributed by atoms with Crippen LogP contribution in [-0.2, 0) is 0 Å². The van der Waals surface area contributed by atoms with E-state index in [4.69, 9.17) is 10.8 Å². The topological polar surface area (TPSA) is 33.5 Å². The average Bonchev–Trinajstić information content (AvgIpc) is 2.51. The molecule has 4 heteroatoms. The van der Waals surface area contributed by atoms with Crippen LogP contribution in [-0.4, -0.2) is 24.4 Å². The molecule has 68 valence electrons. The Morgan fingerprint density at radius 2 is 2.46 bits per heavy atom. The Kier molecular flexibility index (Phi) is 3.15. The lowest BCUT2D eigenvalue weighted by molar-refractivity contribution is 0.0780. The fraction of sp³-hybridized carbons (Fsp3) is 0.222. The number of hydrogen-bond donors (Lipinski definition) is 0. The van der Waals surface area contributed by atoms with E-state index in [1.807, 2.05) is 0 Å². The largest absolute Gasteiger partial charge is 0.444 e. The summed E-state index contributed by atoms with van der Waals surface area (Å²) in [5, 5.41) is 0. The van der Waals surface area contributed by atoms with Crippen LogP contribution in [0.3, 0.4) is 0 Å². The van der Waals surface area contributed by atoms with Crippen LogP contribution in [0.15, 0.2) is 21.2 Å². The molecule has 0 aliphatic rings. The Bertz CT molecular complexity index is 351. The summed E-state index contributed by atoms with van der Waals surface area (Å²) in [6, 6.07) is 3.26. The van der Waals surface area contributed by atoms with Gasteiger partial charge in [-0.3, -0.25) is 4.79 Å². The first kappa shape index (κ1) is 9.87. The zero-order chi connectivity index (χ0) is 9.84. The van der Waals surface area contributed by atoms with Crippen LogP contribution in [0, 0.1) is 12.3 Å². The summed E-state index contributed by atoms with van der Waals surface area (Å²) in [6.45, 7) is 0.275. The van der Waals surface area contributed by atoms with Gasteiger partial charge in [0.05, 0.1) is 6.54 Å². The van der Waals surface area contributed by atoms with Crippen molar-refractivity contribution in [2.24, 2.45) is 0 Å². The molecule has 1 aromatic heterocycles. The third-order valence-electron chi connectivity index (χ3n) is 1.46.